The lowest BCUT2D eigenvalue weighted by Gasteiger charge is -2.13. The summed E-state index contributed by atoms with van der Waals surface area (Å²) in [5.74, 6) is 0.571. The number of hydrogen-bond donors (Lipinski definition) is 2. The maximum Gasteiger partial charge on any atom is 0.291 e. The van der Waals surface area contributed by atoms with Gasteiger partial charge in [0.15, 0.2) is 0 Å². The maximum atomic E-state index is 11.7. The fourth-order valence-corrected chi connectivity index (χ4v) is 1.10. The standard InChI is InChI=1S/C11H20N4O2/c1-7(17-5)6-12-9(16)8-13-10(15-14-8)11(2,3)4/h7H,6H2,1-5H3,(H,12,16)(H,13,14,15). The molecule has 1 aromatic heterocycles. The summed E-state index contributed by atoms with van der Waals surface area (Å²) in [6.45, 7) is 8.32. The molecule has 1 unspecified atom stereocenters. The molecule has 2 N–H and O–H groups in total. The smallest absolute Gasteiger partial charge is 0.291 e. The summed E-state index contributed by atoms with van der Waals surface area (Å²) in [6.07, 6.45) is -0.0278. The van der Waals surface area contributed by atoms with Crippen LogP contribution in [-0.4, -0.2) is 40.8 Å². The number of H-pyrrole nitrogens is 1. The van der Waals surface area contributed by atoms with Crippen molar-refractivity contribution in [3.05, 3.63) is 11.6 Å². The van der Waals surface area contributed by atoms with Crippen molar-refractivity contribution >= 4 is 5.91 Å². The molecule has 1 atom stereocenters. The number of nitrogens with one attached hydrogen (secondary N) is 2. The number of ether oxygens (including phenoxy) is 1. The second kappa shape index (κ2) is 5.27. The van der Waals surface area contributed by atoms with Crippen LogP contribution in [-0.2, 0) is 10.2 Å². The van der Waals surface area contributed by atoms with E-state index in [1.54, 1.807) is 7.11 Å². The van der Waals surface area contributed by atoms with Crippen LogP contribution in [0.5, 0.6) is 0 Å². The van der Waals surface area contributed by atoms with Crippen LogP contribution in [0.2, 0.25) is 0 Å². The number of carbonyl (C=O) groups is 1. The number of aromatic amines is 1. The Morgan fingerprint density at radius 2 is 2.18 bits per heavy atom. The van der Waals surface area contributed by atoms with Crippen molar-refractivity contribution in [1.82, 2.24) is 20.5 Å². The summed E-state index contributed by atoms with van der Waals surface area (Å²) in [7, 11) is 1.60. The number of aromatic nitrogens is 3. The average molecular weight is 240 g/mol. The van der Waals surface area contributed by atoms with E-state index in [1.165, 1.54) is 0 Å². The lowest BCUT2D eigenvalue weighted by molar-refractivity contribution is 0.0861. The summed E-state index contributed by atoms with van der Waals surface area (Å²) < 4.78 is 5.03. The van der Waals surface area contributed by atoms with Crippen molar-refractivity contribution in [2.24, 2.45) is 0 Å². The zero-order valence-electron chi connectivity index (χ0n) is 11.0. The van der Waals surface area contributed by atoms with Crippen LogP contribution in [0.1, 0.15) is 44.1 Å². The molecule has 96 valence electrons. The van der Waals surface area contributed by atoms with Gasteiger partial charge in [-0.25, -0.2) is 4.98 Å². The zero-order valence-corrected chi connectivity index (χ0v) is 11.0. The summed E-state index contributed by atoms with van der Waals surface area (Å²) >= 11 is 0. The molecule has 1 aromatic rings. The Balaban J connectivity index is 2.61. The topological polar surface area (TPSA) is 79.9 Å². The van der Waals surface area contributed by atoms with E-state index in [-0.39, 0.29) is 23.3 Å². The van der Waals surface area contributed by atoms with Crippen molar-refractivity contribution in [2.75, 3.05) is 13.7 Å². The summed E-state index contributed by atoms with van der Waals surface area (Å²) in [5.41, 5.74) is -0.147. The number of amides is 1. The quantitative estimate of drug-likeness (QED) is 0.818. The van der Waals surface area contributed by atoms with Gasteiger partial charge in [-0.05, 0) is 6.92 Å². The minimum absolute atomic E-state index is 0.0278. The van der Waals surface area contributed by atoms with E-state index in [2.05, 4.69) is 20.5 Å². The fraction of sp³-hybridized carbons (Fsp3) is 0.727. The Labute approximate surface area is 101 Å². The van der Waals surface area contributed by atoms with Gasteiger partial charge in [0.2, 0.25) is 5.82 Å². The first-order valence-corrected chi connectivity index (χ1v) is 5.58. The van der Waals surface area contributed by atoms with Gasteiger partial charge in [-0.3, -0.25) is 9.89 Å². The third-order valence-electron chi connectivity index (χ3n) is 2.35. The highest BCUT2D eigenvalue weighted by atomic mass is 16.5. The van der Waals surface area contributed by atoms with E-state index in [1.807, 2.05) is 27.7 Å². The van der Waals surface area contributed by atoms with Crippen molar-refractivity contribution in [2.45, 2.75) is 39.2 Å². The molecule has 0 radical (unpaired) electrons. The molecular formula is C11H20N4O2. The SMILES string of the molecule is COC(C)CNC(=O)c1n[nH]c(C(C)(C)C)n1. The van der Waals surface area contributed by atoms with Crippen LogP contribution < -0.4 is 5.32 Å². The van der Waals surface area contributed by atoms with Crippen LogP contribution in [0.4, 0.5) is 0 Å². The summed E-state index contributed by atoms with van der Waals surface area (Å²) in [5, 5.41) is 9.38. The Morgan fingerprint density at radius 1 is 1.53 bits per heavy atom. The lowest BCUT2D eigenvalue weighted by Crippen LogP contribution is -2.32. The number of rotatable bonds is 4. The number of carbonyl (C=O) groups excluding carboxylic acids is 1. The highest BCUT2D eigenvalue weighted by Crippen LogP contribution is 2.17. The van der Waals surface area contributed by atoms with Gasteiger partial charge >= 0.3 is 0 Å². The number of methoxy groups -OCH3 is 1. The number of nitrogens with zero attached hydrogens (tertiary/aromatic N) is 2. The predicted octanol–water partition coefficient (Wildman–Crippen LogP) is 0.867. The van der Waals surface area contributed by atoms with Crippen molar-refractivity contribution < 1.29 is 9.53 Å². The third-order valence-corrected chi connectivity index (χ3v) is 2.35. The Hall–Kier alpha value is -1.43. The largest absolute Gasteiger partial charge is 0.380 e. The molecule has 0 fully saturated rings. The Kier molecular flexibility index (Phi) is 4.22. The van der Waals surface area contributed by atoms with Crippen molar-refractivity contribution in [3.63, 3.8) is 0 Å². The summed E-state index contributed by atoms with van der Waals surface area (Å²) in [6, 6.07) is 0. The van der Waals surface area contributed by atoms with Gasteiger partial charge in [-0.1, -0.05) is 20.8 Å². The summed E-state index contributed by atoms with van der Waals surface area (Å²) in [4.78, 5) is 15.9. The van der Waals surface area contributed by atoms with Crippen LogP contribution in [0.3, 0.4) is 0 Å². The van der Waals surface area contributed by atoms with E-state index < -0.39 is 0 Å². The van der Waals surface area contributed by atoms with Crippen molar-refractivity contribution in [3.8, 4) is 0 Å². The fourth-order valence-electron chi connectivity index (χ4n) is 1.10. The van der Waals surface area contributed by atoms with Gasteiger partial charge in [0.05, 0.1) is 6.10 Å². The molecule has 0 aliphatic heterocycles. The molecule has 1 rings (SSSR count). The van der Waals surface area contributed by atoms with Crippen LogP contribution in [0, 0.1) is 0 Å². The molecule has 17 heavy (non-hydrogen) atoms. The van der Waals surface area contributed by atoms with Crippen LogP contribution in [0.15, 0.2) is 0 Å². The van der Waals surface area contributed by atoms with E-state index >= 15 is 0 Å². The highest BCUT2D eigenvalue weighted by molar-refractivity contribution is 5.90. The van der Waals surface area contributed by atoms with Gasteiger partial charge in [-0.15, -0.1) is 5.10 Å². The highest BCUT2D eigenvalue weighted by Gasteiger charge is 2.21. The first-order valence-electron chi connectivity index (χ1n) is 5.58. The molecule has 1 amide bonds. The minimum atomic E-state index is -0.291. The molecule has 0 aromatic carbocycles. The molecular weight excluding hydrogens is 220 g/mol. The normalized spacial score (nSPS) is 13.5. The molecule has 0 bridgehead atoms. The Bertz CT molecular complexity index is 381. The molecule has 0 aliphatic carbocycles. The van der Waals surface area contributed by atoms with E-state index in [9.17, 15) is 4.79 Å². The molecule has 1 heterocycles. The molecule has 0 aliphatic rings. The van der Waals surface area contributed by atoms with Crippen LogP contribution >= 0.6 is 0 Å². The molecule has 0 saturated heterocycles. The second-order valence-electron chi connectivity index (χ2n) is 5.01. The van der Waals surface area contributed by atoms with E-state index in [0.29, 0.717) is 12.4 Å². The van der Waals surface area contributed by atoms with E-state index in [4.69, 9.17) is 4.74 Å². The zero-order chi connectivity index (χ0) is 13.1. The molecule has 6 nitrogen and oxygen atoms in total. The monoisotopic (exact) mass is 240 g/mol. The van der Waals surface area contributed by atoms with Crippen molar-refractivity contribution in [1.29, 1.82) is 0 Å². The lowest BCUT2D eigenvalue weighted by atomic mass is 9.96. The number of hydrogen-bond acceptors (Lipinski definition) is 4. The molecule has 6 heteroatoms. The second-order valence-corrected chi connectivity index (χ2v) is 5.01. The van der Waals surface area contributed by atoms with Gasteiger partial charge in [0.25, 0.3) is 5.91 Å². The third kappa shape index (κ3) is 3.81. The Morgan fingerprint density at radius 3 is 2.65 bits per heavy atom. The first kappa shape index (κ1) is 13.6. The minimum Gasteiger partial charge on any atom is -0.380 e. The molecule has 0 spiro atoms. The predicted molar refractivity (Wildman–Crippen MR) is 63.9 cm³/mol. The van der Waals surface area contributed by atoms with Gasteiger partial charge in [0, 0.05) is 19.1 Å². The van der Waals surface area contributed by atoms with Gasteiger partial charge in [-0.2, -0.15) is 0 Å². The first-order chi connectivity index (χ1) is 7.84. The van der Waals surface area contributed by atoms with Crippen LogP contribution in [0.25, 0.3) is 0 Å². The van der Waals surface area contributed by atoms with Gasteiger partial charge < -0.3 is 10.1 Å². The average Bonchev–Trinajstić information content (AvgIpc) is 2.74. The molecule has 0 saturated carbocycles. The van der Waals surface area contributed by atoms with E-state index in [0.717, 1.165) is 0 Å². The van der Waals surface area contributed by atoms with Gasteiger partial charge in [0.1, 0.15) is 5.82 Å². The maximum absolute atomic E-state index is 11.7.